The van der Waals surface area contributed by atoms with Crippen molar-refractivity contribution in [1.82, 2.24) is 4.90 Å². The molecule has 0 bridgehead atoms. The molecule has 0 fully saturated rings. The molecule has 8 heteroatoms. The summed E-state index contributed by atoms with van der Waals surface area (Å²) in [4.78, 5) is 49.1. The van der Waals surface area contributed by atoms with Gasteiger partial charge in [-0.05, 0) is 56.3 Å². The summed E-state index contributed by atoms with van der Waals surface area (Å²) < 4.78 is 0. The van der Waals surface area contributed by atoms with Crippen LogP contribution in [0.15, 0.2) is 42.5 Å². The van der Waals surface area contributed by atoms with Gasteiger partial charge in [0.15, 0.2) is 0 Å². The van der Waals surface area contributed by atoms with E-state index in [9.17, 15) is 19.2 Å². The maximum atomic E-state index is 12.4. The molecule has 0 saturated carbocycles. The number of hydrogen-bond donors (Lipinski definition) is 3. The molecule has 8 nitrogen and oxygen atoms in total. The minimum absolute atomic E-state index is 0.250. The molecule has 0 atom stereocenters. The van der Waals surface area contributed by atoms with Gasteiger partial charge in [-0.1, -0.05) is 0 Å². The monoisotopic (exact) mass is 366 g/mol. The van der Waals surface area contributed by atoms with Gasteiger partial charge in [0, 0.05) is 23.0 Å². The first-order valence-electron chi connectivity index (χ1n) is 8.27. The first-order chi connectivity index (χ1) is 12.8. The van der Waals surface area contributed by atoms with E-state index in [4.69, 9.17) is 5.73 Å². The van der Waals surface area contributed by atoms with Crippen LogP contribution in [0.3, 0.4) is 0 Å². The summed E-state index contributed by atoms with van der Waals surface area (Å²) in [5.74, 6) is -1.27. The van der Waals surface area contributed by atoms with E-state index < -0.39 is 11.9 Å². The fourth-order valence-corrected chi connectivity index (χ4v) is 2.82. The van der Waals surface area contributed by atoms with Crippen LogP contribution in [-0.4, -0.2) is 34.7 Å². The van der Waals surface area contributed by atoms with Gasteiger partial charge in [-0.25, -0.2) is 4.79 Å². The van der Waals surface area contributed by atoms with E-state index in [1.807, 2.05) is 0 Å². The van der Waals surface area contributed by atoms with Gasteiger partial charge in [0.25, 0.3) is 11.8 Å². The fraction of sp³-hybridized carbons (Fsp3) is 0.158. The summed E-state index contributed by atoms with van der Waals surface area (Å²) in [5, 5.41) is 5.22. The molecule has 1 aliphatic heterocycles. The molecule has 138 valence electrons. The second-order valence-electron chi connectivity index (χ2n) is 6.36. The predicted octanol–water partition coefficient (Wildman–Crippen LogP) is 2.43. The first-order valence-corrected chi connectivity index (χ1v) is 8.27. The third kappa shape index (κ3) is 3.50. The number of urea groups is 1. The quantitative estimate of drug-likeness (QED) is 0.719. The highest BCUT2D eigenvalue weighted by Gasteiger charge is 2.37. The SMILES string of the molecule is CC(C)N1C(=O)c2ccc(NC(=O)Nc3ccc(C(N)=O)cc3)cc2C1=O. The van der Waals surface area contributed by atoms with Crippen molar-refractivity contribution in [2.75, 3.05) is 10.6 Å². The summed E-state index contributed by atoms with van der Waals surface area (Å²) in [6.45, 7) is 3.52. The van der Waals surface area contributed by atoms with Crippen molar-refractivity contribution in [2.45, 2.75) is 19.9 Å². The number of anilines is 2. The van der Waals surface area contributed by atoms with Crippen LogP contribution in [0.5, 0.6) is 0 Å². The first kappa shape index (κ1) is 18.1. The number of benzene rings is 2. The molecule has 27 heavy (non-hydrogen) atoms. The van der Waals surface area contributed by atoms with E-state index in [0.29, 0.717) is 22.5 Å². The average molecular weight is 366 g/mol. The van der Waals surface area contributed by atoms with Gasteiger partial charge < -0.3 is 16.4 Å². The molecular formula is C19H18N4O4. The molecule has 3 rings (SSSR count). The molecular weight excluding hydrogens is 348 g/mol. The summed E-state index contributed by atoms with van der Waals surface area (Å²) in [6.07, 6.45) is 0. The van der Waals surface area contributed by atoms with Gasteiger partial charge >= 0.3 is 6.03 Å². The zero-order valence-electron chi connectivity index (χ0n) is 14.8. The molecule has 0 aliphatic carbocycles. The summed E-state index contributed by atoms with van der Waals surface area (Å²) >= 11 is 0. The number of amides is 5. The molecule has 0 radical (unpaired) electrons. The maximum Gasteiger partial charge on any atom is 0.323 e. The number of nitrogens with one attached hydrogen (secondary N) is 2. The van der Waals surface area contributed by atoms with E-state index in [-0.39, 0.29) is 23.4 Å². The smallest absolute Gasteiger partial charge is 0.323 e. The van der Waals surface area contributed by atoms with Crippen LogP contribution in [0, 0.1) is 0 Å². The Bertz CT molecular complexity index is 951. The van der Waals surface area contributed by atoms with Crippen LogP contribution < -0.4 is 16.4 Å². The van der Waals surface area contributed by atoms with E-state index in [1.54, 1.807) is 32.0 Å². The van der Waals surface area contributed by atoms with Gasteiger partial charge in [-0.2, -0.15) is 0 Å². The highest BCUT2D eigenvalue weighted by atomic mass is 16.2. The van der Waals surface area contributed by atoms with Crippen LogP contribution >= 0.6 is 0 Å². The van der Waals surface area contributed by atoms with Crippen molar-refractivity contribution in [2.24, 2.45) is 5.73 Å². The zero-order chi connectivity index (χ0) is 19.7. The molecule has 0 aromatic heterocycles. The molecule has 0 unspecified atom stereocenters. The Morgan fingerprint density at radius 1 is 0.889 bits per heavy atom. The molecule has 2 aromatic carbocycles. The number of nitrogens with two attached hydrogens (primary N) is 1. The molecule has 0 saturated heterocycles. The van der Waals surface area contributed by atoms with Crippen molar-refractivity contribution in [3.05, 3.63) is 59.2 Å². The van der Waals surface area contributed by atoms with Gasteiger partial charge in [-0.3, -0.25) is 19.3 Å². The largest absolute Gasteiger partial charge is 0.366 e. The topological polar surface area (TPSA) is 122 Å². The third-order valence-corrected chi connectivity index (χ3v) is 4.12. The highest BCUT2D eigenvalue weighted by molar-refractivity contribution is 6.22. The number of carbonyl (C=O) groups excluding carboxylic acids is 4. The normalized spacial score (nSPS) is 12.9. The number of fused-ring (bicyclic) bond motifs is 1. The minimum Gasteiger partial charge on any atom is -0.366 e. The van der Waals surface area contributed by atoms with Crippen LogP contribution in [0.2, 0.25) is 0 Å². The Morgan fingerprint density at radius 2 is 1.44 bits per heavy atom. The van der Waals surface area contributed by atoms with Crippen LogP contribution in [0.25, 0.3) is 0 Å². The summed E-state index contributed by atoms with van der Waals surface area (Å²) in [6, 6.07) is 9.87. The van der Waals surface area contributed by atoms with E-state index in [1.165, 1.54) is 29.2 Å². The van der Waals surface area contributed by atoms with Crippen LogP contribution in [0.4, 0.5) is 16.2 Å². The molecule has 0 spiro atoms. The minimum atomic E-state index is -0.557. The van der Waals surface area contributed by atoms with Crippen LogP contribution in [-0.2, 0) is 0 Å². The summed E-state index contributed by atoms with van der Waals surface area (Å²) in [5.41, 5.74) is 6.93. The number of rotatable bonds is 4. The van der Waals surface area contributed by atoms with Gasteiger partial charge in [0.05, 0.1) is 11.1 Å². The summed E-state index contributed by atoms with van der Waals surface area (Å²) in [7, 11) is 0. The Labute approximate surface area is 155 Å². The second kappa shape index (κ2) is 6.91. The van der Waals surface area contributed by atoms with Crippen molar-refractivity contribution in [1.29, 1.82) is 0 Å². The standard InChI is InChI=1S/C19H18N4O4/c1-10(2)23-17(25)14-8-7-13(9-15(14)18(23)26)22-19(27)21-12-5-3-11(4-6-12)16(20)24/h3-10H,1-2H3,(H2,20,24)(H2,21,22,27). The predicted molar refractivity (Wildman–Crippen MR) is 99.7 cm³/mol. The molecule has 4 N–H and O–H groups in total. The lowest BCUT2D eigenvalue weighted by atomic mass is 10.1. The Hall–Kier alpha value is -3.68. The Kier molecular flexibility index (Phi) is 4.64. The number of hydrogen-bond acceptors (Lipinski definition) is 4. The number of nitrogens with zero attached hydrogens (tertiary/aromatic N) is 1. The second-order valence-corrected chi connectivity index (χ2v) is 6.36. The van der Waals surface area contributed by atoms with Crippen molar-refractivity contribution in [3.8, 4) is 0 Å². The lowest BCUT2D eigenvalue weighted by Crippen LogP contribution is -2.35. The molecule has 5 amide bonds. The van der Waals surface area contributed by atoms with Gasteiger partial charge in [-0.15, -0.1) is 0 Å². The Balaban J connectivity index is 1.72. The zero-order valence-corrected chi connectivity index (χ0v) is 14.8. The molecule has 1 aliphatic rings. The maximum absolute atomic E-state index is 12.4. The third-order valence-electron chi connectivity index (χ3n) is 4.12. The average Bonchev–Trinajstić information content (AvgIpc) is 2.86. The van der Waals surface area contributed by atoms with E-state index in [2.05, 4.69) is 10.6 Å². The van der Waals surface area contributed by atoms with Crippen molar-refractivity contribution < 1.29 is 19.2 Å². The number of imide groups is 1. The molecule has 2 aromatic rings. The fourth-order valence-electron chi connectivity index (χ4n) is 2.82. The van der Waals surface area contributed by atoms with Crippen molar-refractivity contribution in [3.63, 3.8) is 0 Å². The number of primary amides is 1. The van der Waals surface area contributed by atoms with Crippen molar-refractivity contribution >= 4 is 35.1 Å². The van der Waals surface area contributed by atoms with E-state index in [0.717, 1.165) is 0 Å². The highest BCUT2D eigenvalue weighted by Crippen LogP contribution is 2.27. The van der Waals surface area contributed by atoms with Crippen LogP contribution in [0.1, 0.15) is 44.9 Å². The van der Waals surface area contributed by atoms with Gasteiger partial charge in [0.1, 0.15) is 0 Å². The van der Waals surface area contributed by atoms with Gasteiger partial charge in [0.2, 0.25) is 5.91 Å². The van der Waals surface area contributed by atoms with E-state index >= 15 is 0 Å². The lowest BCUT2D eigenvalue weighted by Gasteiger charge is -2.17. The lowest BCUT2D eigenvalue weighted by molar-refractivity contribution is 0.0608. The Morgan fingerprint density at radius 3 is 2.04 bits per heavy atom. The molecule has 1 heterocycles. The number of carbonyl (C=O) groups is 4.